The van der Waals surface area contributed by atoms with Gasteiger partial charge in [0.25, 0.3) is 10.0 Å². The van der Waals surface area contributed by atoms with E-state index in [0.29, 0.717) is 21.6 Å². The number of methoxy groups -OCH3 is 1. The second kappa shape index (κ2) is 10.6. The molecule has 0 atom stereocenters. The normalized spacial score (nSPS) is 11.7. The first-order valence-electron chi connectivity index (χ1n) is 10.2. The Morgan fingerprint density at radius 2 is 1.77 bits per heavy atom. The second-order valence-electron chi connectivity index (χ2n) is 7.49. The summed E-state index contributed by atoms with van der Waals surface area (Å²) in [6.45, 7) is 0.906. The summed E-state index contributed by atoms with van der Waals surface area (Å²) in [6.07, 6.45) is -2.84. The molecule has 0 fully saturated rings. The van der Waals surface area contributed by atoms with Crippen molar-refractivity contribution in [1.29, 1.82) is 0 Å². The molecule has 0 aliphatic rings. The summed E-state index contributed by atoms with van der Waals surface area (Å²) in [4.78, 5) is 13.5. The maximum absolute atomic E-state index is 13.7. The minimum Gasteiger partial charge on any atom is -0.495 e. The lowest BCUT2D eigenvalue weighted by Gasteiger charge is -2.26. The zero-order chi connectivity index (χ0) is 25.8. The van der Waals surface area contributed by atoms with Gasteiger partial charge in [-0.05, 0) is 67.3 Å². The van der Waals surface area contributed by atoms with E-state index in [4.69, 9.17) is 4.74 Å². The standard InChI is InChI=1S/C24H23F3N2O4S2/c1-16-10-11-21(33-2)22(12-16)35(31,32)29(19-8-4-6-17(13-19)24(25,26)27)15-23(30)28-18-7-5-9-20(14-18)34-3/h4-14H,15H2,1-3H3,(H,28,30). The number of thioether (sulfide) groups is 1. The van der Waals surface area contributed by atoms with Crippen molar-refractivity contribution < 1.29 is 31.1 Å². The molecule has 0 aliphatic carbocycles. The molecule has 0 heterocycles. The SMILES string of the molecule is COc1ccc(C)cc1S(=O)(=O)N(CC(=O)Nc1cccc(SC)c1)c1cccc(C(F)(F)F)c1. The van der Waals surface area contributed by atoms with Gasteiger partial charge in [0.2, 0.25) is 5.91 Å². The molecule has 3 aromatic carbocycles. The molecule has 11 heteroatoms. The van der Waals surface area contributed by atoms with Crippen molar-refractivity contribution in [3.63, 3.8) is 0 Å². The van der Waals surface area contributed by atoms with Crippen molar-refractivity contribution in [2.24, 2.45) is 0 Å². The number of carbonyl (C=O) groups excluding carboxylic acids is 1. The average molecular weight is 525 g/mol. The predicted octanol–water partition coefficient (Wildman–Crippen LogP) is 5.58. The third-order valence-electron chi connectivity index (χ3n) is 4.99. The van der Waals surface area contributed by atoms with Gasteiger partial charge in [-0.2, -0.15) is 13.2 Å². The maximum Gasteiger partial charge on any atom is 0.416 e. The summed E-state index contributed by atoms with van der Waals surface area (Å²) in [7, 11) is -3.22. The molecule has 1 N–H and O–H groups in total. The quantitative estimate of drug-likeness (QED) is 0.390. The Bertz CT molecular complexity index is 1330. The van der Waals surface area contributed by atoms with Crippen LogP contribution >= 0.6 is 11.8 Å². The summed E-state index contributed by atoms with van der Waals surface area (Å²) in [5.74, 6) is -0.725. The van der Waals surface area contributed by atoms with Crippen molar-refractivity contribution in [3.05, 3.63) is 77.9 Å². The Balaban J connectivity index is 2.07. The van der Waals surface area contributed by atoms with Crippen molar-refractivity contribution in [2.45, 2.75) is 22.9 Å². The van der Waals surface area contributed by atoms with Crippen LogP contribution in [0.3, 0.4) is 0 Å². The van der Waals surface area contributed by atoms with Crippen LogP contribution < -0.4 is 14.4 Å². The number of sulfonamides is 1. The van der Waals surface area contributed by atoms with Crippen LogP contribution in [0.15, 0.2) is 76.5 Å². The molecule has 6 nitrogen and oxygen atoms in total. The number of nitrogens with zero attached hydrogens (tertiary/aromatic N) is 1. The number of rotatable bonds is 8. The van der Waals surface area contributed by atoms with Crippen molar-refractivity contribution >= 4 is 39.1 Å². The van der Waals surface area contributed by atoms with Crippen LogP contribution in [-0.2, 0) is 21.0 Å². The zero-order valence-electron chi connectivity index (χ0n) is 19.1. The maximum atomic E-state index is 13.7. The molecule has 35 heavy (non-hydrogen) atoms. The van der Waals surface area contributed by atoms with Gasteiger partial charge in [-0.15, -0.1) is 11.8 Å². The van der Waals surface area contributed by atoms with E-state index in [1.54, 1.807) is 31.2 Å². The Kier molecular flexibility index (Phi) is 8.01. The number of carbonyl (C=O) groups is 1. The number of alkyl halides is 3. The lowest BCUT2D eigenvalue weighted by molar-refractivity contribution is -0.137. The third kappa shape index (κ3) is 6.29. The van der Waals surface area contributed by atoms with Crippen molar-refractivity contribution in [2.75, 3.05) is 29.5 Å². The topological polar surface area (TPSA) is 75.7 Å². The van der Waals surface area contributed by atoms with Crippen LogP contribution in [0, 0.1) is 6.92 Å². The van der Waals surface area contributed by atoms with Crippen LogP contribution in [-0.4, -0.2) is 34.2 Å². The molecular weight excluding hydrogens is 501 g/mol. The van der Waals surface area contributed by atoms with Gasteiger partial charge in [0.15, 0.2) is 0 Å². The number of hydrogen-bond acceptors (Lipinski definition) is 5. The molecule has 0 unspecified atom stereocenters. The molecule has 0 saturated heterocycles. The van der Waals surface area contributed by atoms with E-state index in [9.17, 15) is 26.4 Å². The Hall–Kier alpha value is -3.18. The average Bonchev–Trinajstić information content (AvgIpc) is 2.82. The number of amides is 1. The minimum atomic E-state index is -4.70. The summed E-state index contributed by atoms with van der Waals surface area (Å²) in [5, 5.41) is 2.61. The molecule has 1 amide bonds. The van der Waals surface area contributed by atoms with Gasteiger partial charge in [0, 0.05) is 10.6 Å². The van der Waals surface area contributed by atoms with Gasteiger partial charge in [-0.1, -0.05) is 18.2 Å². The van der Waals surface area contributed by atoms with Gasteiger partial charge < -0.3 is 10.1 Å². The summed E-state index contributed by atoms with van der Waals surface area (Å²) in [6, 6.07) is 15.1. The molecule has 3 aromatic rings. The minimum absolute atomic E-state index is 0.000607. The van der Waals surface area contributed by atoms with Crippen LogP contribution in [0.2, 0.25) is 0 Å². The van der Waals surface area contributed by atoms with E-state index in [1.165, 1.54) is 37.1 Å². The molecular formula is C24H23F3N2O4S2. The lowest BCUT2D eigenvalue weighted by Crippen LogP contribution is -2.38. The first kappa shape index (κ1) is 26.4. The predicted molar refractivity (Wildman–Crippen MR) is 131 cm³/mol. The largest absolute Gasteiger partial charge is 0.495 e. The molecule has 0 aliphatic heterocycles. The summed E-state index contributed by atoms with van der Waals surface area (Å²) >= 11 is 1.45. The molecule has 0 bridgehead atoms. The van der Waals surface area contributed by atoms with Crippen molar-refractivity contribution in [3.8, 4) is 5.75 Å². The first-order valence-corrected chi connectivity index (χ1v) is 12.9. The number of aryl methyl sites for hydroxylation is 1. The summed E-state index contributed by atoms with van der Waals surface area (Å²) in [5.41, 5.74) is -0.334. The van der Waals surface area contributed by atoms with E-state index in [0.717, 1.165) is 17.0 Å². The number of benzene rings is 3. The molecule has 3 rings (SSSR count). The number of anilines is 2. The zero-order valence-corrected chi connectivity index (χ0v) is 20.7. The number of nitrogens with one attached hydrogen (secondary N) is 1. The Morgan fingerprint density at radius 3 is 2.43 bits per heavy atom. The highest BCUT2D eigenvalue weighted by molar-refractivity contribution is 7.98. The monoisotopic (exact) mass is 524 g/mol. The molecule has 186 valence electrons. The summed E-state index contributed by atoms with van der Waals surface area (Å²) < 4.78 is 73.3. The molecule has 0 spiro atoms. The lowest BCUT2D eigenvalue weighted by atomic mass is 10.2. The van der Waals surface area contributed by atoms with E-state index >= 15 is 0 Å². The fourth-order valence-corrected chi connectivity index (χ4v) is 5.40. The second-order valence-corrected chi connectivity index (χ2v) is 10.2. The fourth-order valence-electron chi connectivity index (χ4n) is 3.29. The molecule has 0 radical (unpaired) electrons. The Morgan fingerprint density at radius 1 is 1.06 bits per heavy atom. The first-order chi connectivity index (χ1) is 16.5. The van der Waals surface area contributed by atoms with E-state index < -0.39 is 34.2 Å². The van der Waals surface area contributed by atoms with Gasteiger partial charge in [0.05, 0.1) is 18.4 Å². The highest BCUT2D eigenvalue weighted by atomic mass is 32.2. The van der Waals surface area contributed by atoms with Gasteiger partial charge in [-0.3, -0.25) is 9.10 Å². The van der Waals surface area contributed by atoms with Crippen LogP contribution in [0.4, 0.5) is 24.5 Å². The number of halogens is 3. The van der Waals surface area contributed by atoms with Crippen LogP contribution in [0.5, 0.6) is 5.75 Å². The smallest absolute Gasteiger partial charge is 0.416 e. The van der Waals surface area contributed by atoms with E-state index in [-0.39, 0.29) is 16.3 Å². The number of ether oxygens (including phenoxy) is 1. The molecule has 0 aromatic heterocycles. The van der Waals surface area contributed by atoms with Gasteiger partial charge in [0.1, 0.15) is 17.2 Å². The van der Waals surface area contributed by atoms with E-state index in [2.05, 4.69) is 5.32 Å². The number of hydrogen-bond donors (Lipinski definition) is 1. The van der Waals surface area contributed by atoms with Crippen LogP contribution in [0.1, 0.15) is 11.1 Å². The third-order valence-corrected chi connectivity index (χ3v) is 7.51. The van der Waals surface area contributed by atoms with Crippen molar-refractivity contribution in [1.82, 2.24) is 0 Å². The fraction of sp³-hybridized carbons (Fsp3) is 0.208. The molecule has 0 saturated carbocycles. The Labute approximate surface area is 206 Å². The highest BCUT2D eigenvalue weighted by Gasteiger charge is 2.34. The van der Waals surface area contributed by atoms with E-state index in [1.807, 2.05) is 12.3 Å². The van der Waals surface area contributed by atoms with Gasteiger partial charge >= 0.3 is 6.18 Å². The van der Waals surface area contributed by atoms with Gasteiger partial charge in [-0.25, -0.2) is 8.42 Å². The van der Waals surface area contributed by atoms with Crippen LogP contribution in [0.25, 0.3) is 0 Å². The highest BCUT2D eigenvalue weighted by Crippen LogP contribution is 2.35.